The normalized spacial score (nSPS) is 12.2. The largest absolute Gasteiger partial charge is 0.505 e. The van der Waals surface area contributed by atoms with Crippen LogP contribution in [0, 0.1) is 5.41 Å². The minimum Gasteiger partial charge on any atom is -0.505 e. The highest BCUT2D eigenvalue weighted by atomic mass is 32.2. The zero-order valence-corrected chi connectivity index (χ0v) is 20.9. The van der Waals surface area contributed by atoms with Crippen LogP contribution in [0.1, 0.15) is 44.0 Å². The number of nitrogens with zero attached hydrogens (tertiary/aromatic N) is 2. The number of nitrogens with two attached hydrogens (primary N) is 1. The molecule has 9 heteroatoms. The summed E-state index contributed by atoms with van der Waals surface area (Å²) in [6.45, 7) is 7.07. The standard InChI is InChI=1S/C26H31N5O3S/c1-4-13-29-15-18-5-7-19(8-6-18)22(27)14-24(32)25-26(28)30-16-23(31-25)20-9-11-21(12-10-20)35(33,34)17(2)3/h5-12,14,16-17,27,29,32H,4,13,15H2,1-3H3,(H2,28,30)/b24-14-,27-22?. The Bertz CT molecular complexity index is 1320. The smallest absolute Gasteiger partial charge is 0.180 e. The van der Waals surface area contributed by atoms with Gasteiger partial charge in [0.1, 0.15) is 11.5 Å². The summed E-state index contributed by atoms with van der Waals surface area (Å²) >= 11 is 0. The van der Waals surface area contributed by atoms with Crippen molar-refractivity contribution in [1.29, 1.82) is 5.41 Å². The predicted octanol–water partition coefficient (Wildman–Crippen LogP) is 4.37. The number of nitrogen functional groups attached to an aromatic ring is 1. The van der Waals surface area contributed by atoms with E-state index in [2.05, 4.69) is 22.2 Å². The summed E-state index contributed by atoms with van der Waals surface area (Å²) in [5.74, 6) is -0.263. The lowest BCUT2D eigenvalue weighted by Crippen LogP contribution is -2.13. The third-order valence-electron chi connectivity index (χ3n) is 5.44. The van der Waals surface area contributed by atoms with Crippen LogP contribution in [-0.4, -0.2) is 41.0 Å². The van der Waals surface area contributed by atoms with Crippen molar-refractivity contribution in [3.05, 3.63) is 77.6 Å². The van der Waals surface area contributed by atoms with E-state index in [-0.39, 0.29) is 27.9 Å². The van der Waals surface area contributed by atoms with Crippen molar-refractivity contribution in [3.8, 4) is 11.3 Å². The first-order chi connectivity index (χ1) is 16.6. The molecule has 0 atom stereocenters. The summed E-state index contributed by atoms with van der Waals surface area (Å²) in [7, 11) is -3.39. The summed E-state index contributed by atoms with van der Waals surface area (Å²) in [5.41, 5.74) is 8.88. The van der Waals surface area contributed by atoms with Crippen molar-refractivity contribution >= 4 is 27.1 Å². The van der Waals surface area contributed by atoms with Gasteiger partial charge in [0.05, 0.1) is 27.7 Å². The number of aliphatic hydroxyl groups excluding tert-OH is 1. The lowest BCUT2D eigenvalue weighted by molar-refractivity contribution is 0.509. The van der Waals surface area contributed by atoms with Gasteiger partial charge in [0, 0.05) is 18.2 Å². The van der Waals surface area contributed by atoms with Crippen molar-refractivity contribution < 1.29 is 13.5 Å². The van der Waals surface area contributed by atoms with Gasteiger partial charge in [-0.2, -0.15) is 0 Å². The van der Waals surface area contributed by atoms with Gasteiger partial charge in [-0.25, -0.2) is 18.4 Å². The van der Waals surface area contributed by atoms with Gasteiger partial charge in [-0.15, -0.1) is 0 Å². The van der Waals surface area contributed by atoms with Gasteiger partial charge in [-0.3, -0.25) is 0 Å². The van der Waals surface area contributed by atoms with Gasteiger partial charge in [0.15, 0.2) is 15.7 Å². The van der Waals surface area contributed by atoms with Crippen LogP contribution in [0.25, 0.3) is 17.0 Å². The Morgan fingerprint density at radius 1 is 1.14 bits per heavy atom. The minimum atomic E-state index is -3.39. The highest BCUT2D eigenvalue weighted by molar-refractivity contribution is 7.92. The van der Waals surface area contributed by atoms with Crippen LogP contribution < -0.4 is 11.1 Å². The number of anilines is 1. The molecule has 0 saturated heterocycles. The third-order valence-corrected chi connectivity index (χ3v) is 7.61. The second-order valence-corrected chi connectivity index (χ2v) is 10.9. The Kier molecular flexibility index (Phi) is 8.37. The quantitative estimate of drug-likeness (QED) is 0.187. The van der Waals surface area contributed by atoms with Crippen LogP contribution in [0.15, 0.2) is 65.7 Å². The molecule has 3 aromatic rings. The maximum atomic E-state index is 12.4. The maximum Gasteiger partial charge on any atom is 0.180 e. The van der Waals surface area contributed by atoms with E-state index in [4.69, 9.17) is 11.1 Å². The van der Waals surface area contributed by atoms with Crippen molar-refractivity contribution in [2.24, 2.45) is 0 Å². The first-order valence-corrected chi connectivity index (χ1v) is 12.9. The minimum absolute atomic E-state index is 0.0200. The van der Waals surface area contributed by atoms with E-state index >= 15 is 0 Å². The first kappa shape index (κ1) is 26.1. The molecule has 0 unspecified atom stereocenters. The van der Waals surface area contributed by atoms with Crippen molar-refractivity contribution in [1.82, 2.24) is 15.3 Å². The molecule has 0 fully saturated rings. The number of benzene rings is 2. The molecule has 0 aliphatic heterocycles. The number of allylic oxidation sites excluding steroid dienone is 1. The van der Waals surface area contributed by atoms with E-state index in [1.807, 2.05) is 24.3 Å². The molecule has 3 rings (SSSR count). The number of rotatable bonds is 10. The van der Waals surface area contributed by atoms with Gasteiger partial charge in [-0.05, 0) is 50.1 Å². The number of sulfone groups is 1. The number of hydrogen-bond acceptors (Lipinski definition) is 8. The van der Waals surface area contributed by atoms with Crippen LogP contribution in [0.4, 0.5) is 5.82 Å². The van der Waals surface area contributed by atoms with Gasteiger partial charge in [0.2, 0.25) is 0 Å². The third kappa shape index (κ3) is 6.32. The van der Waals surface area contributed by atoms with E-state index in [9.17, 15) is 13.5 Å². The molecular weight excluding hydrogens is 462 g/mol. The van der Waals surface area contributed by atoms with Gasteiger partial charge in [0.25, 0.3) is 0 Å². The van der Waals surface area contributed by atoms with Gasteiger partial charge in [-0.1, -0.05) is 43.3 Å². The summed E-state index contributed by atoms with van der Waals surface area (Å²) in [6.07, 6.45) is 3.80. The van der Waals surface area contributed by atoms with E-state index in [0.29, 0.717) is 16.8 Å². The maximum absolute atomic E-state index is 12.4. The molecule has 1 heterocycles. The fourth-order valence-electron chi connectivity index (χ4n) is 3.31. The summed E-state index contributed by atoms with van der Waals surface area (Å²) in [5, 5.41) is 21.8. The number of nitrogens with one attached hydrogen (secondary N) is 2. The lowest BCUT2D eigenvalue weighted by Gasteiger charge is -2.10. The molecule has 5 N–H and O–H groups in total. The Labute approximate surface area is 206 Å². The van der Waals surface area contributed by atoms with Crippen molar-refractivity contribution in [3.63, 3.8) is 0 Å². The lowest BCUT2D eigenvalue weighted by atomic mass is 10.1. The molecule has 0 aliphatic carbocycles. The van der Waals surface area contributed by atoms with E-state index in [1.165, 1.54) is 24.4 Å². The number of aliphatic hydroxyl groups is 1. The summed E-state index contributed by atoms with van der Waals surface area (Å²) in [6, 6.07) is 13.9. The van der Waals surface area contributed by atoms with Gasteiger partial charge >= 0.3 is 0 Å². The van der Waals surface area contributed by atoms with Gasteiger partial charge < -0.3 is 21.6 Å². The highest BCUT2D eigenvalue weighted by Crippen LogP contribution is 2.24. The van der Waals surface area contributed by atoms with Crippen molar-refractivity contribution in [2.45, 2.75) is 43.9 Å². The Morgan fingerprint density at radius 2 is 1.80 bits per heavy atom. The Balaban J connectivity index is 1.82. The molecular formula is C26H31N5O3S. The monoisotopic (exact) mass is 493 g/mol. The molecule has 184 valence electrons. The molecule has 0 radical (unpaired) electrons. The number of hydrogen-bond donors (Lipinski definition) is 4. The molecule has 2 aromatic carbocycles. The van der Waals surface area contributed by atoms with Crippen LogP contribution in [0.2, 0.25) is 0 Å². The molecule has 0 aliphatic rings. The van der Waals surface area contributed by atoms with Crippen molar-refractivity contribution in [2.75, 3.05) is 12.3 Å². The average molecular weight is 494 g/mol. The zero-order valence-electron chi connectivity index (χ0n) is 20.1. The molecule has 0 bridgehead atoms. The van der Waals surface area contributed by atoms with E-state index < -0.39 is 15.1 Å². The van der Waals surface area contributed by atoms with E-state index in [0.717, 1.165) is 25.1 Å². The molecule has 0 spiro atoms. The summed E-state index contributed by atoms with van der Waals surface area (Å²) < 4.78 is 24.7. The second kappa shape index (κ2) is 11.2. The van der Waals surface area contributed by atoms with Crippen LogP contribution in [0.3, 0.4) is 0 Å². The first-order valence-electron chi connectivity index (χ1n) is 11.4. The fourth-order valence-corrected chi connectivity index (χ4v) is 4.37. The number of aromatic nitrogens is 2. The zero-order chi connectivity index (χ0) is 25.6. The summed E-state index contributed by atoms with van der Waals surface area (Å²) in [4.78, 5) is 8.76. The topological polar surface area (TPSA) is 142 Å². The fraction of sp³-hybridized carbons (Fsp3) is 0.269. The molecule has 35 heavy (non-hydrogen) atoms. The SMILES string of the molecule is CCCNCc1ccc(C(=N)/C=C(\O)c2nc(-c3ccc(S(=O)(=O)C(C)C)cc3)cnc2N)cc1. The van der Waals surface area contributed by atoms with E-state index in [1.54, 1.807) is 26.0 Å². The van der Waals surface area contributed by atoms with Crippen LogP contribution >= 0.6 is 0 Å². The second-order valence-electron chi connectivity index (χ2n) is 8.42. The average Bonchev–Trinajstić information content (AvgIpc) is 2.84. The molecule has 8 nitrogen and oxygen atoms in total. The van der Waals surface area contributed by atoms with Crippen LogP contribution in [-0.2, 0) is 16.4 Å². The Hall–Kier alpha value is -3.56. The van der Waals surface area contributed by atoms with Crippen LogP contribution in [0.5, 0.6) is 0 Å². The molecule has 1 aromatic heterocycles. The molecule has 0 saturated carbocycles. The predicted molar refractivity (Wildman–Crippen MR) is 140 cm³/mol. The Morgan fingerprint density at radius 3 is 2.40 bits per heavy atom. The highest BCUT2D eigenvalue weighted by Gasteiger charge is 2.19. The molecule has 0 amide bonds.